The number of aryl methyl sites for hydroxylation is 2. The second kappa shape index (κ2) is 8.94. The smallest absolute Gasteiger partial charge is 0.262 e. The number of hydrogen-bond acceptors (Lipinski definition) is 4. The predicted molar refractivity (Wildman–Crippen MR) is 124 cm³/mol. The van der Waals surface area contributed by atoms with E-state index in [2.05, 4.69) is 0 Å². The summed E-state index contributed by atoms with van der Waals surface area (Å²) in [6, 6.07) is 13.3. The maximum absolute atomic E-state index is 13.3. The molecule has 33 heavy (non-hydrogen) atoms. The fraction of sp³-hybridized carbons (Fsp3) is 0.269. The van der Waals surface area contributed by atoms with Crippen LogP contribution in [0, 0.1) is 0 Å². The van der Waals surface area contributed by atoms with Gasteiger partial charge in [-0.1, -0.05) is 0 Å². The molecule has 7 heteroatoms. The van der Waals surface area contributed by atoms with E-state index >= 15 is 0 Å². The number of benzene rings is 2. The Balaban J connectivity index is 1.59. The third-order valence-electron chi connectivity index (χ3n) is 6.06. The van der Waals surface area contributed by atoms with Crippen molar-refractivity contribution in [2.45, 2.75) is 32.4 Å². The average Bonchev–Trinajstić information content (AvgIpc) is 2.78. The molecule has 0 aliphatic carbocycles. The summed E-state index contributed by atoms with van der Waals surface area (Å²) in [6.07, 6.45) is 5.42. The van der Waals surface area contributed by atoms with Gasteiger partial charge in [-0.3, -0.25) is 9.59 Å². The fourth-order valence-electron chi connectivity index (χ4n) is 4.33. The van der Waals surface area contributed by atoms with Crippen LogP contribution in [0.15, 0.2) is 60.9 Å². The number of amides is 2. The molecular weight excluding hydrogens is 418 g/mol. The standard InChI is InChI=1S/C26H27N3O4/c1-17-6-7-19-13-20(25(32)28(3)16-18-5-4-12-27(2)15-18)8-11-23(19)29(17)26(33)22-10-9-21(30)14-24(22)31/h4-5,8-15,17H,6-7,16H2,1-3H3,(H-,30,31,33)/p+1/t17-/m0/s1. The third-order valence-corrected chi connectivity index (χ3v) is 6.06. The number of hydrogen-bond donors (Lipinski definition) is 2. The highest BCUT2D eigenvalue weighted by Crippen LogP contribution is 2.35. The highest BCUT2D eigenvalue weighted by atomic mass is 16.3. The zero-order valence-corrected chi connectivity index (χ0v) is 19.0. The zero-order chi connectivity index (χ0) is 23.7. The van der Waals surface area contributed by atoms with E-state index in [9.17, 15) is 19.8 Å². The summed E-state index contributed by atoms with van der Waals surface area (Å²) in [5, 5.41) is 19.7. The molecule has 170 valence electrons. The summed E-state index contributed by atoms with van der Waals surface area (Å²) in [7, 11) is 3.72. The van der Waals surface area contributed by atoms with Crippen molar-refractivity contribution in [2.75, 3.05) is 11.9 Å². The van der Waals surface area contributed by atoms with Gasteiger partial charge in [-0.15, -0.1) is 0 Å². The van der Waals surface area contributed by atoms with Crippen molar-refractivity contribution in [1.29, 1.82) is 0 Å². The molecule has 0 bridgehead atoms. The lowest BCUT2D eigenvalue weighted by Crippen LogP contribution is -2.42. The van der Waals surface area contributed by atoms with Gasteiger partial charge in [0.2, 0.25) is 0 Å². The summed E-state index contributed by atoms with van der Waals surface area (Å²) < 4.78 is 1.95. The number of phenols is 2. The Bertz CT molecular complexity index is 1220. The van der Waals surface area contributed by atoms with Gasteiger partial charge in [0.1, 0.15) is 18.5 Å². The number of aromatic hydroxyl groups is 2. The number of pyridine rings is 1. The van der Waals surface area contributed by atoms with Gasteiger partial charge < -0.3 is 20.0 Å². The number of fused-ring (bicyclic) bond motifs is 1. The first-order valence-corrected chi connectivity index (χ1v) is 10.9. The number of carbonyl (C=O) groups excluding carboxylic acids is 2. The van der Waals surface area contributed by atoms with Crippen molar-refractivity contribution in [3.05, 3.63) is 83.2 Å². The molecule has 2 N–H and O–H groups in total. The van der Waals surface area contributed by atoms with Crippen LogP contribution in [0.4, 0.5) is 5.69 Å². The molecule has 2 heterocycles. The minimum Gasteiger partial charge on any atom is -0.508 e. The van der Waals surface area contributed by atoms with Crippen molar-refractivity contribution >= 4 is 17.5 Å². The molecule has 1 aliphatic rings. The molecule has 0 radical (unpaired) electrons. The summed E-state index contributed by atoms with van der Waals surface area (Å²) in [5.41, 5.74) is 3.40. The van der Waals surface area contributed by atoms with Gasteiger partial charge in [-0.05, 0) is 61.7 Å². The van der Waals surface area contributed by atoms with E-state index in [0.717, 1.165) is 35.7 Å². The molecule has 2 amide bonds. The van der Waals surface area contributed by atoms with E-state index in [1.165, 1.54) is 12.1 Å². The van der Waals surface area contributed by atoms with Gasteiger partial charge in [0.05, 0.1) is 12.1 Å². The lowest BCUT2D eigenvalue weighted by atomic mass is 9.93. The number of rotatable bonds is 4. The Morgan fingerprint density at radius 1 is 1.15 bits per heavy atom. The Morgan fingerprint density at radius 2 is 1.94 bits per heavy atom. The van der Waals surface area contributed by atoms with Crippen molar-refractivity contribution in [3.8, 4) is 11.5 Å². The van der Waals surface area contributed by atoms with Crippen LogP contribution in [0.25, 0.3) is 0 Å². The van der Waals surface area contributed by atoms with Gasteiger partial charge in [0.25, 0.3) is 11.8 Å². The summed E-state index contributed by atoms with van der Waals surface area (Å²) in [6.45, 7) is 2.46. The number of anilines is 1. The fourth-order valence-corrected chi connectivity index (χ4v) is 4.33. The Labute approximate surface area is 193 Å². The van der Waals surface area contributed by atoms with E-state index in [1.54, 1.807) is 22.9 Å². The first kappa shape index (κ1) is 22.3. The van der Waals surface area contributed by atoms with Crippen LogP contribution in [0.1, 0.15) is 45.2 Å². The third kappa shape index (κ3) is 4.53. The largest absolute Gasteiger partial charge is 0.508 e. The summed E-state index contributed by atoms with van der Waals surface area (Å²) in [5.74, 6) is -0.791. The molecule has 3 aromatic rings. The maximum Gasteiger partial charge on any atom is 0.262 e. The van der Waals surface area contributed by atoms with E-state index in [1.807, 2.05) is 55.2 Å². The number of nitrogens with zero attached hydrogens (tertiary/aromatic N) is 3. The van der Waals surface area contributed by atoms with Crippen LogP contribution < -0.4 is 9.47 Å². The molecule has 0 fully saturated rings. The molecular formula is C26H28N3O4+. The van der Waals surface area contributed by atoms with Crippen LogP contribution >= 0.6 is 0 Å². The Hall–Kier alpha value is -3.87. The van der Waals surface area contributed by atoms with E-state index < -0.39 is 0 Å². The molecule has 0 saturated heterocycles. The summed E-state index contributed by atoms with van der Waals surface area (Å²) >= 11 is 0. The topological polar surface area (TPSA) is 85.0 Å². The maximum atomic E-state index is 13.3. The Kier molecular flexibility index (Phi) is 6.05. The van der Waals surface area contributed by atoms with Crippen molar-refractivity contribution in [1.82, 2.24) is 4.90 Å². The molecule has 2 aromatic carbocycles. The van der Waals surface area contributed by atoms with Gasteiger partial charge >= 0.3 is 0 Å². The molecule has 0 unspecified atom stereocenters. The van der Waals surface area contributed by atoms with Crippen LogP contribution in [0.2, 0.25) is 0 Å². The molecule has 1 aliphatic heterocycles. The highest BCUT2D eigenvalue weighted by Gasteiger charge is 2.31. The Morgan fingerprint density at radius 3 is 2.67 bits per heavy atom. The molecule has 4 rings (SSSR count). The second-order valence-electron chi connectivity index (χ2n) is 8.65. The van der Waals surface area contributed by atoms with Crippen molar-refractivity contribution in [2.24, 2.45) is 7.05 Å². The number of aromatic nitrogens is 1. The number of carbonyl (C=O) groups is 2. The van der Waals surface area contributed by atoms with Crippen LogP contribution in [0.5, 0.6) is 11.5 Å². The minimum atomic E-state index is -0.339. The van der Waals surface area contributed by atoms with E-state index in [-0.39, 0.29) is 34.9 Å². The van der Waals surface area contributed by atoms with E-state index in [0.29, 0.717) is 12.1 Å². The summed E-state index contributed by atoms with van der Waals surface area (Å²) in [4.78, 5) is 29.7. The van der Waals surface area contributed by atoms with Crippen LogP contribution in [-0.2, 0) is 20.0 Å². The van der Waals surface area contributed by atoms with Gasteiger partial charge in [0.15, 0.2) is 12.4 Å². The molecule has 7 nitrogen and oxygen atoms in total. The highest BCUT2D eigenvalue weighted by molar-refractivity contribution is 6.09. The lowest BCUT2D eigenvalue weighted by Gasteiger charge is -2.36. The normalized spacial score (nSPS) is 15.1. The predicted octanol–water partition coefficient (Wildman–Crippen LogP) is 3.18. The molecule has 1 aromatic heterocycles. The molecule has 0 saturated carbocycles. The lowest BCUT2D eigenvalue weighted by molar-refractivity contribution is -0.672. The van der Waals surface area contributed by atoms with Gasteiger partial charge in [-0.25, -0.2) is 4.57 Å². The average molecular weight is 447 g/mol. The second-order valence-corrected chi connectivity index (χ2v) is 8.65. The monoisotopic (exact) mass is 446 g/mol. The van der Waals surface area contributed by atoms with Crippen molar-refractivity contribution < 1.29 is 24.4 Å². The minimum absolute atomic E-state index is 0.0683. The van der Waals surface area contributed by atoms with Crippen LogP contribution in [0.3, 0.4) is 0 Å². The number of phenolic OH excluding ortho intramolecular Hbond substituents is 2. The quantitative estimate of drug-likeness (QED) is 0.603. The molecule has 0 spiro atoms. The van der Waals surface area contributed by atoms with Crippen molar-refractivity contribution in [3.63, 3.8) is 0 Å². The molecule has 1 atom stereocenters. The van der Waals surface area contributed by atoms with Gasteiger partial charge in [-0.2, -0.15) is 0 Å². The van der Waals surface area contributed by atoms with Crippen LogP contribution in [-0.4, -0.2) is 40.0 Å². The first-order chi connectivity index (χ1) is 15.7. The first-order valence-electron chi connectivity index (χ1n) is 10.9. The zero-order valence-electron chi connectivity index (χ0n) is 19.0. The van der Waals surface area contributed by atoms with Gasteiger partial charge in [0, 0.05) is 42.0 Å². The SMILES string of the molecule is C[C@H]1CCc2cc(C(=O)N(C)Cc3ccc[n+](C)c3)ccc2N1C(=O)c1ccc(O)cc1O. The van der Waals surface area contributed by atoms with E-state index in [4.69, 9.17) is 0 Å².